The first kappa shape index (κ1) is 34.5. The molecule has 0 saturated carbocycles. The predicted molar refractivity (Wildman–Crippen MR) is 189 cm³/mol. The Balaban J connectivity index is 1.56. The summed E-state index contributed by atoms with van der Waals surface area (Å²) in [4.78, 5) is 29.3. The van der Waals surface area contributed by atoms with Crippen LogP contribution in [0.1, 0.15) is 11.1 Å². The molecule has 0 unspecified atom stereocenters. The number of halogens is 2. The molecule has 0 aliphatic carbocycles. The maximum atomic E-state index is 14.5. The number of carbonyl (C=O) groups excluding carboxylic acids is 2. The van der Waals surface area contributed by atoms with E-state index in [0.717, 1.165) is 9.87 Å². The lowest BCUT2D eigenvalue weighted by Gasteiger charge is -2.34. The summed E-state index contributed by atoms with van der Waals surface area (Å²) in [6.07, 6.45) is 0.158. The smallest absolute Gasteiger partial charge is 0.264 e. The number of anilines is 1. The van der Waals surface area contributed by atoms with Crippen molar-refractivity contribution in [3.63, 3.8) is 0 Å². The van der Waals surface area contributed by atoms with Gasteiger partial charge in [0.2, 0.25) is 11.8 Å². The van der Waals surface area contributed by atoms with E-state index in [1.807, 2.05) is 48.5 Å². The molecule has 0 spiro atoms. The molecular weight excluding hydrogens is 669 g/mol. The molecule has 0 aliphatic rings. The minimum absolute atomic E-state index is 0.00440. The van der Waals surface area contributed by atoms with Gasteiger partial charge in [0, 0.05) is 35.6 Å². The molecule has 11 heteroatoms. The average Bonchev–Trinajstić information content (AvgIpc) is 3.11. The second-order valence-electron chi connectivity index (χ2n) is 10.8. The van der Waals surface area contributed by atoms with Crippen LogP contribution in [0.25, 0.3) is 0 Å². The molecule has 48 heavy (non-hydrogen) atoms. The molecular formula is C37H33Cl2N3O5S. The molecule has 5 aromatic carbocycles. The van der Waals surface area contributed by atoms with Gasteiger partial charge in [-0.1, -0.05) is 96.0 Å². The summed E-state index contributed by atoms with van der Waals surface area (Å²) in [7, 11) is -2.78. The maximum absolute atomic E-state index is 14.5. The lowest BCUT2D eigenvalue weighted by Crippen LogP contribution is -2.53. The first-order valence-electron chi connectivity index (χ1n) is 15.1. The molecule has 0 aliphatic heterocycles. The van der Waals surface area contributed by atoms with Crippen molar-refractivity contribution in [1.82, 2.24) is 10.2 Å². The third-order valence-corrected chi connectivity index (χ3v) is 10.1. The fraction of sp³-hybridized carbons (Fsp3) is 0.135. The van der Waals surface area contributed by atoms with Gasteiger partial charge < -0.3 is 15.0 Å². The molecule has 0 radical (unpaired) electrons. The Hall–Kier alpha value is -4.83. The highest BCUT2D eigenvalue weighted by molar-refractivity contribution is 7.92. The van der Waals surface area contributed by atoms with Gasteiger partial charge in [0.25, 0.3) is 10.0 Å². The number of para-hydroxylation sites is 1. The maximum Gasteiger partial charge on any atom is 0.264 e. The number of sulfonamides is 1. The minimum Gasteiger partial charge on any atom is -0.457 e. The zero-order chi connectivity index (χ0) is 34.1. The number of ether oxygens (including phenoxy) is 1. The molecule has 0 fully saturated rings. The molecule has 0 bridgehead atoms. The topological polar surface area (TPSA) is 96.0 Å². The van der Waals surface area contributed by atoms with Crippen LogP contribution in [0.3, 0.4) is 0 Å². The van der Waals surface area contributed by atoms with Crippen LogP contribution in [0.15, 0.2) is 138 Å². The van der Waals surface area contributed by atoms with Gasteiger partial charge in [0.1, 0.15) is 24.1 Å². The quantitative estimate of drug-likeness (QED) is 0.138. The number of nitrogens with zero attached hydrogens (tertiary/aromatic N) is 2. The number of benzene rings is 5. The van der Waals surface area contributed by atoms with Crippen LogP contribution in [0.5, 0.6) is 11.5 Å². The van der Waals surface area contributed by atoms with Crippen molar-refractivity contribution in [3.8, 4) is 11.5 Å². The molecule has 0 heterocycles. The van der Waals surface area contributed by atoms with Crippen molar-refractivity contribution >= 4 is 50.7 Å². The standard InChI is InChI=1S/C37H33Cl2N3O5S/c1-40-37(44)35(24-27-12-5-2-6-13-27)41(25-32-33(38)18-11-19-34(32)39)36(43)26-42(48(45,46)31-16-9-4-10-17-31)28-20-22-30(23-21-28)47-29-14-7-3-8-15-29/h2-23,35H,24-26H2,1H3,(H,40,44)/t35-/m0/s1. The van der Waals surface area contributed by atoms with Gasteiger partial charge in [0.05, 0.1) is 10.6 Å². The van der Waals surface area contributed by atoms with Gasteiger partial charge in [-0.3, -0.25) is 13.9 Å². The van der Waals surface area contributed by atoms with Crippen molar-refractivity contribution in [1.29, 1.82) is 0 Å². The normalized spacial score (nSPS) is 11.7. The Labute approximate surface area is 290 Å². The highest BCUT2D eigenvalue weighted by atomic mass is 35.5. The molecule has 5 rings (SSSR count). The zero-order valence-electron chi connectivity index (χ0n) is 26.0. The van der Waals surface area contributed by atoms with Crippen LogP contribution in [0.4, 0.5) is 5.69 Å². The third-order valence-electron chi connectivity index (χ3n) is 7.62. The van der Waals surface area contributed by atoms with Gasteiger partial charge >= 0.3 is 0 Å². The monoisotopic (exact) mass is 701 g/mol. The van der Waals surface area contributed by atoms with Gasteiger partial charge in [-0.2, -0.15) is 0 Å². The van der Waals surface area contributed by atoms with Gasteiger partial charge in [-0.05, 0) is 66.2 Å². The highest BCUT2D eigenvalue weighted by Gasteiger charge is 2.35. The highest BCUT2D eigenvalue weighted by Crippen LogP contribution is 2.30. The summed E-state index contributed by atoms with van der Waals surface area (Å²) in [5.74, 6) is 0.0162. The summed E-state index contributed by atoms with van der Waals surface area (Å²) in [5, 5.41) is 3.27. The zero-order valence-corrected chi connectivity index (χ0v) is 28.3. The Morgan fingerprint density at radius 3 is 1.85 bits per heavy atom. The Bertz CT molecular complexity index is 1930. The predicted octanol–water partition coefficient (Wildman–Crippen LogP) is 7.37. The fourth-order valence-electron chi connectivity index (χ4n) is 5.13. The van der Waals surface area contributed by atoms with E-state index < -0.39 is 34.4 Å². The van der Waals surface area contributed by atoms with E-state index >= 15 is 0 Å². The van der Waals surface area contributed by atoms with E-state index in [1.165, 1.54) is 24.1 Å². The molecule has 1 N–H and O–H groups in total. The van der Waals surface area contributed by atoms with Crippen LogP contribution in [-0.4, -0.2) is 44.8 Å². The third kappa shape index (κ3) is 8.36. The van der Waals surface area contributed by atoms with Crippen molar-refractivity contribution < 1.29 is 22.7 Å². The summed E-state index contributed by atoms with van der Waals surface area (Å²) >= 11 is 13.1. The number of rotatable bonds is 13. The summed E-state index contributed by atoms with van der Waals surface area (Å²) in [5.41, 5.74) is 1.45. The van der Waals surface area contributed by atoms with Crippen LogP contribution in [0, 0.1) is 0 Å². The van der Waals surface area contributed by atoms with Crippen LogP contribution in [-0.2, 0) is 32.6 Å². The number of likely N-dealkylation sites (N-methyl/N-ethyl adjacent to an activating group) is 1. The minimum atomic E-state index is -4.26. The number of carbonyl (C=O) groups is 2. The molecule has 8 nitrogen and oxygen atoms in total. The lowest BCUT2D eigenvalue weighted by atomic mass is 10.0. The molecule has 246 valence electrons. The molecule has 0 aromatic heterocycles. The Morgan fingerprint density at radius 1 is 0.729 bits per heavy atom. The number of amides is 2. The fourth-order valence-corrected chi connectivity index (χ4v) is 7.08. The van der Waals surface area contributed by atoms with E-state index in [-0.39, 0.29) is 23.5 Å². The second kappa shape index (κ2) is 15.8. The average molecular weight is 703 g/mol. The first-order valence-corrected chi connectivity index (χ1v) is 17.3. The summed E-state index contributed by atoms with van der Waals surface area (Å²) < 4.78 is 35.3. The number of hydrogen-bond donors (Lipinski definition) is 1. The van der Waals surface area contributed by atoms with E-state index in [4.69, 9.17) is 27.9 Å². The SMILES string of the molecule is CNC(=O)[C@H](Cc1ccccc1)N(Cc1c(Cl)cccc1Cl)C(=O)CN(c1ccc(Oc2ccccc2)cc1)S(=O)(=O)c1ccccc1. The van der Waals surface area contributed by atoms with E-state index in [0.29, 0.717) is 27.1 Å². The van der Waals surface area contributed by atoms with Crippen molar-refractivity contribution in [2.45, 2.75) is 23.9 Å². The van der Waals surface area contributed by atoms with E-state index in [1.54, 1.807) is 72.8 Å². The molecule has 2 amide bonds. The van der Waals surface area contributed by atoms with Gasteiger partial charge in [0.15, 0.2) is 0 Å². The van der Waals surface area contributed by atoms with Crippen LogP contribution < -0.4 is 14.4 Å². The van der Waals surface area contributed by atoms with Crippen molar-refractivity contribution in [2.75, 3.05) is 17.9 Å². The van der Waals surface area contributed by atoms with E-state index in [9.17, 15) is 18.0 Å². The largest absolute Gasteiger partial charge is 0.457 e. The lowest BCUT2D eigenvalue weighted by molar-refractivity contribution is -0.139. The van der Waals surface area contributed by atoms with Crippen LogP contribution in [0.2, 0.25) is 10.0 Å². The number of hydrogen-bond acceptors (Lipinski definition) is 5. The summed E-state index contributed by atoms with van der Waals surface area (Å²) in [6.45, 7) is -0.772. The van der Waals surface area contributed by atoms with E-state index in [2.05, 4.69) is 5.32 Å². The van der Waals surface area contributed by atoms with Crippen molar-refractivity contribution in [2.24, 2.45) is 0 Å². The van der Waals surface area contributed by atoms with Gasteiger partial charge in [-0.25, -0.2) is 8.42 Å². The Morgan fingerprint density at radius 2 is 1.27 bits per heavy atom. The second-order valence-corrected chi connectivity index (χ2v) is 13.5. The number of nitrogens with one attached hydrogen (secondary N) is 1. The Kier molecular flexibility index (Phi) is 11.4. The van der Waals surface area contributed by atoms with Crippen LogP contribution >= 0.6 is 23.2 Å². The van der Waals surface area contributed by atoms with Crippen molar-refractivity contribution in [3.05, 3.63) is 155 Å². The molecule has 0 saturated heterocycles. The summed E-state index contributed by atoms with van der Waals surface area (Å²) in [6, 6.07) is 36.6. The first-order chi connectivity index (χ1) is 23.2. The molecule has 5 aromatic rings. The molecule has 1 atom stereocenters. The van der Waals surface area contributed by atoms with Gasteiger partial charge in [-0.15, -0.1) is 0 Å².